The molecule has 35 heavy (non-hydrogen) atoms. The minimum atomic E-state index is -0.487. The first kappa shape index (κ1) is 26.1. The summed E-state index contributed by atoms with van der Waals surface area (Å²) in [4.78, 5) is 28.3. The second kappa shape index (κ2) is 11.3. The molecular weight excluding hydrogens is 442 g/mol. The summed E-state index contributed by atoms with van der Waals surface area (Å²) in [6.45, 7) is 7.52. The van der Waals surface area contributed by atoms with Gasteiger partial charge in [0.2, 0.25) is 0 Å². The van der Waals surface area contributed by atoms with E-state index in [4.69, 9.17) is 9.47 Å². The summed E-state index contributed by atoms with van der Waals surface area (Å²) >= 11 is 0. The number of carbonyl (C=O) groups is 2. The lowest BCUT2D eigenvalue weighted by atomic mass is 9.94. The van der Waals surface area contributed by atoms with Crippen molar-refractivity contribution < 1.29 is 19.1 Å². The van der Waals surface area contributed by atoms with Crippen molar-refractivity contribution in [2.24, 2.45) is 5.92 Å². The fourth-order valence-electron chi connectivity index (χ4n) is 4.07. The number of rotatable bonds is 6. The van der Waals surface area contributed by atoms with Crippen molar-refractivity contribution in [3.8, 4) is 22.9 Å². The monoisotopic (exact) mass is 477 g/mol. The molecule has 7 nitrogen and oxygen atoms in total. The standard InChI is InChI=1S/C28H35N3O4/c1-28(2,3)35-27(33)31-12-9-20(10-13-31)11-14-34-25-17-23(16-24(18-25)26(32)30(4)5)22-8-6-7-21(15-22)19-29/h6-8,15-18,20H,9-14H2,1-5H3. The van der Waals surface area contributed by atoms with E-state index >= 15 is 0 Å². The van der Waals surface area contributed by atoms with Gasteiger partial charge >= 0.3 is 6.09 Å². The number of carbonyl (C=O) groups excluding carboxylic acids is 2. The summed E-state index contributed by atoms with van der Waals surface area (Å²) in [6.07, 6.45) is 2.44. The molecule has 0 bridgehead atoms. The zero-order valence-corrected chi connectivity index (χ0v) is 21.3. The van der Waals surface area contributed by atoms with E-state index in [-0.39, 0.29) is 12.0 Å². The molecule has 0 radical (unpaired) electrons. The fourth-order valence-corrected chi connectivity index (χ4v) is 4.07. The predicted molar refractivity (Wildman–Crippen MR) is 135 cm³/mol. The van der Waals surface area contributed by atoms with Gasteiger partial charge in [-0.3, -0.25) is 4.79 Å². The van der Waals surface area contributed by atoms with Gasteiger partial charge in [0.1, 0.15) is 11.4 Å². The summed E-state index contributed by atoms with van der Waals surface area (Å²) in [5, 5.41) is 9.25. The normalized spacial score (nSPS) is 14.2. The molecular formula is C28H35N3O4. The number of piperidine rings is 1. The number of ether oxygens (including phenoxy) is 2. The molecule has 0 aliphatic carbocycles. The van der Waals surface area contributed by atoms with Crippen LogP contribution in [0.25, 0.3) is 11.1 Å². The summed E-state index contributed by atoms with van der Waals surface area (Å²) in [5.41, 5.74) is 2.30. The Morgan fingerprint density at radius 3 is 2.43 bits per heavy atom. The lowest BCUT2D eigenvalue weighted by molar-refractivity contribution is 0.0177. The van der Waals surface area contributed by atoms with Crippen LogP contribution in [0.15, 0.2) is 42.5 Å². The van der Waals surface area contributed by atoms with Crippen molar-refractivity contribution in [2.45, 2.75) is 45.6 Å². The molecule has 186 valence electrons. The molecule has 1 saturated heterocycles. The molecule has 0 aromatic heterocycles. The van der Waals surface area contributed by atoms with E-state index in [2.05, 4.69) is 6.07 Å². The molecule has 2 aromatic carbocycles. The highest BCUT2D eigenvalue weighted by Crippen LogP contribution is 2.29. The molecule has 1 heterocycles. The van der Waals surface area contributed by atoms with E-state index in [1.165, 1.54) is 4.90 Å². The van der Waals surface area contributed by atoms with E-state index in [0.29, 0.717) is 42.5 Å². The largest absolute Gasteiger partial charge is 0.494 e. The highest BCUT2D eigenvalue weighted by atomic mass is 16.6. The van der Waals surface area contributed by atoms with Gasteiger partial charge in [-0.1, -0.05) is 12.1 Å². The molecule has 0 unspecified atom stereocenters. The van der Waals surface area contributed by atoms with Gasteiger partial charge in [-0.2, -0.15) is 5.26 Å². The summed E-state index contributed by atoms with van der Waals surface area (Å²) in [6, 6.07) is 15.0. The van der Waals surface area contributed by atoms with E-state index in [1.807, 2.05) is 51.1 Å². The van der Waals surface area contributed by atoms with Gasteiger partial charge in [-0.05, 0) is 87.4 Å². The Labute approximate surface area is 208 Å². The SMILES string of the molecule is CN(C)C(=O)c1cc(OCCC2CCN(C(=O)OC(C)(C)C)CC2)cc(-c2cccc(C#N)c2)c1. The van der Waals surface area contributed by atoms with E-state index in [1.54, 1.807) is 31.1 Å². The Balaban J connectivity index is 1.64. The van der Waals surface area contributed by atoms with Crippen LogP contribution in [-0.4, -0.2) is 61.2 Å². The molecule has 1 aliphatic rings. The minimum absolute atomic E-state index is 0.109. The number of likely N-dealkylation sites (tertiary alicyclic amines) is 1. The van der Waals surface area contributed by atoms with Crippen LogP contribution in [0.3, 0.4) is 0 Å². The molecule has 1 fully saturated rings. The van der Waals surface area contributed by atoms with Crippen molar-refractivity contribution in [2.75, 3.05) is 33.8 Å². The van der Waals surface area contributed by atoms with Crippen LogP contribution in [0.2, 0.25) is 0 Å². The van der Waals surface area contributed by atoms with Crippen molar-refractivity contribution >= 4 is 12.0 Å². The highest BCUT2D eigenvalue weighted by molar-refractivity contribution is 5.95. The fraction of sp³-hybridized carbons (Fsp3) is 0.464. The third kappa shape index (κ3) is 7.48. The van der Waals surface area contributed by atoms with Gasteiger partial charge in [0.15, 0.2) is 0 Å². The van der Waals surface area contributed by atoms with Gasteiger partial charge in [0, 0.05) is 32.7 Å². The maximum atomic E-state index is 12.7. The summed E-state index contributed by atoms with van der Waals surface area (Å²) < 4.78 is 11.6. The van der Waals surface area contributed by atoms with Crippen LogP contribution in [0.5, 0.6) is 5.75 Å². The molecule has 1 aliphatic heterocycles. The van der Waals surface area contributed by atoms with Crippen LogP contribution in [-0.2, 0) is 4.74 Å². The van der Waals surface area contributed by atoms with Crippen LogP contribution in [0.1, 0.15) is 56.0 Å². The molecule has 7 heteroatoms. The van der Waals surface area contributed by atoms with Crippen molar-refractivity contribution in [1.29, 1.82) is 5.26 Å². The molecule has 0 atom stereocenters. The van der Waals surface area contributed by atoms with Gasteiger partial charge < -0.3 is 19.3 Å². The molecule has 0 saturated carbocycles. The first-order valence-corrected chi connectivity index (χ1v) is 12.0. The number of hydrogen-bond acceptors (Lipinski definition) is 5. The Hall–Kier alpha value is -3.53. The smallest absolute Gasteiger partial charge is 0.410 e. The third-order valence-corrected chi connectivity index (χ3v) is 5.95. The Bertz CT molecular complexity index is 1090. The van der Waals surface area contributed by atoms with Gasteiger partial charge in [0.05, 0.1) is 18.2 Å². The lowest BCUT2D eigenvalue weighted by Crippen LogP contribution is -2.41. The zero-order valence-electron chi connectivity index (χ0n) is 21.3. The number of nitrogens with zero attached hydrogens (tertiary/aromatic N) is 3. The number of benzene rings is 2. The lowest BCUT2D eigenvalue weighted by Gasteiger charge is -2.33. The summed E-state index contributed by atoms with van der Waals surface area (Å²) in [7, 11) is 3.44. The topological polar surface area (TPSA) is 82.9 Å². The molecule has 0 spiro atoms. The van der Waals surface area contributed by atoms with Gasteiger partial charge in [0.25, 0.3) is 5.91 Å². The van der Waals surface area contributed by atoms with Crippen LogP contribution < -0.4 is 4.74 Å². The number of nitriles is 1. The van der Waals surface area contributed by atoms with Crippen molar-refractivity contribution in [3.63, 3.8) is 0 Å². The average Bonchev–Trinajstić information content (AvgIpc) is 2.82. The third-order valence-electron chi connectivity index (χ3n) is 5.95. The highest BCUT2D eigenvalue weighted by Gasteiger charge is 2.26. The van der Waals surface area contributed by atoms with Crippen LogP contribution in [0, 0.1) is 17.2 Å². The minimum Gasteiger partial charge on any atom is -0.494 e. The Morgan fingerprint density at radius 2 is 1.80 bits per heavy atom. The molecule has 0 N–H and O–H groups in total. The number of hydrogen-bond donors (Lipinski definition) is 0. The Morgan fingerprint density at radius 1 is 1.09 bits per heavy atom. The van der Waals surface area contributed by atoms with E-state index in [0.717, 1.165) is 30.4 Å². The first-order valence-electron chi connectivity index (χ1n) is 12.0. The van der Waals surface area contributed by atoms with Crippen LogP contribution >= 0.6 is 0 Å². The second-order valence-electron chi connectivity index (χ2n) is 10.2. The molecule has 2 amide bonds. The van der Waals surface area contributed by atoms with Gasteiger partial charge in [-0.25, -0.2) is 4.79 Å². The van der Waals surface area contributed by atoms with Crippen molar-refractivity contribution in [1.82, 2.24) is 9.80 Å². The number of amides is 2. The molecule has 3 rings (SSSR count). The van der Waals surface area contributed by atoms with Crippen molar-refractivity contribution in [3.05, 3.63) is 53.6 Å². The quantitative estimate of drug-likeness (QED) is 0.561. The van der Waals surface area contributed by atoms with Gasteiger partial charge in [-0.15, -0.1) is 0 Å². The second-order valence-corrected chi connectivity index (χ2v) is 10.2. The van der Waals surface area contributed by atoms with E-state index < -0.39 is 5.60 Å². The molecule has 2 aromatic rings. The Kier molecular flexibility index (Phi) is 8.39. The van der Waals surface area contributed by atoms with Crippen LogP contribution in [0.4, 0.5) is 4.79 Å². The summed E-state index contributed by atoms with van der Waals surface area (Å²) in [5.74, 6) is 0.982. The first-order chi connectivity index (χ1) is 16.6. The van der Waals surface area contributed by atoms with E-state index in [9.17, 15) is 14.9 Å². The zero-order chi connectivity index (χ0) is 25.6. The predicted octanol–water partition coefficient (Wildman–Crippen LogP) is 5.34. The maximum Gasteiger partial charge on any atom is 0.410 e. The average molecular weight is 478 g/mol. The maximum absolute atomic E-state index is 12.7.